The first-order chi connectivity index (χ1) is 5.65. The van der Waals surface area contributed by atoms with Crippen molar-refractivity contribution >= 4 is 15.9 Å². The van der Waals surface area contributed by atoms with E-state index in [4.69, 9.17) is 5.11 Å². The van der Waals surface area contributed by atoms with Crippen LogP contribution < -0.4 is 0 Å². The smallest absolute Gasteiger partial charge is 0.137 e. The predicted molar refractivity (Wildman–Crippen MR) is 45.0 cm³/mol. The first-order valence-corrected chi connectivity index (χ1v) is 4.13. The van der Waals surface area contributed by atoms with E-state index in [1.807, 2.05) is 0 Å². The van der Waals surface area contributed by atoms with Crippen molar-refractivity contribution in [3.63, 3.8) is 0 Å². The zero-order chi connectivity index (χ0) is 9.14. The first kappa shape index (κ1) is 9.61. The minimum atomic E-state index is -1.16. The average Bonchev–Trinajstić information content (AvgIpc) is 2.08. The molecule has 1 rings (SSSR count). The summed E-state index contributed by atoms with van der Waals surface area (Å²) in [7, 11) is 0. The Morgan fingerprint density at radius 1 is 1.50 bits per heavy atom. The normalized spacial score (nSPS) is 13.0. The fraction of sp³-hybridized carbons (Fsp3) is 0.250. The van der Waals surface area contributed by atoms with Crippen molar-refractivity contribution in [2.75, 3.05) is 6.67 Å². The lowest BCUT2D eigenvalue weighted by atomic mass is 10.1. The SMILES string of the molecule is OC(CF)c1ccc(F)c(Br)c1. The second kappa shape index (κ2) is 3.96. The van der Waals surface area contributed by atoms with E-state index in [2.05, 4.69) is 15.9 Å². The summed E-state index contributed by atoms with van der Waals surface area (Å²) in [4.78, 5) is 0. The molecule has 0 spiro atoms. The zero-order valence-electron chi connectivity index (χ0n) is 6.10. The Morgan fingerprint density at radius 3 is 2.67 bits per heavy atom. The van der Waals surface area contributed by atoms with Gasteiger partial charge in [0.2, 0.25) is 0 Å². The standard InChI is InChI=1S/C8H7BrF2O/c9-6-3-5(8(12)4-10)1-2-7(6)11/h1-3,8,12H,4H2. The lowest BCUT2D eigenvalue weighted by molar-refractivity contribution is 0.141. The zero-order valence-corrected chi connectivity index (χ0v) is 7.68. The lowest BCUT2D eigenvalue weighted by Crippen LogP contribution is -1.99. The first-order valence-electron chi connectivity index (χ1n) is 3.34. The summed E-state index contributed by atoms with van der Waals surface area (Å²) in [6, 6.07) is 3.89. The summed E-state index contributed by atoms with van der Waals surface area (Å²) in [5, 5.41) is 9.03. The van der Waals surface area contributed by atoms with Gasteiger partial charge in [0.05, 0.1) is 4.47 Å². The van der Waals surface area contributed by atoms with E-state index < -0.39 is 18.6 Å². The van der Waals surface area contributed by atoms with Crippen molar-refractivity contribution in [2.45, 2.75) is 6.10 Å². The molecule has 0 aliphatic heterocycles. The van der Waals surface area contributed by atoms with Crippen molar-refractivity contribution < 1.29 is 13.9 Å². The average molecular weight is 237 g/mol. The van der Waals surface area contributed by atoms with Gasteiger partial charge in [-0.1, -0.05) is 6.07 Å². The quantitative estimate of drug-likeness (QED) is 0.838. The third kappa shape index (κ3) is 2.01. The second-order valence-electron chi connectivity index (χ2n) is 2.34. The van der Waals surface area contributed by atoms with E-state index in [0.717, 1.165) is 0 Å². The van der Waals surface area contributed by atoms with Crippen LogP contribution in [0.5, 0.6) is 0 Å². The van der Waals surface area contributed by atoms with E-state index in [0.29, 0.717) is 5.56 Å². The van der Waals surface area contributed by atoms with Crippen molar-refractivity contribution in [2.24, 2.45) is 0 Å². The van der Waals surface area contributed by atoms with Crippen LogP contribution in [-0.2, 0) is 0 Å². The van der Waals surface area contributed by atoms with Crippen molar-refractivity contribution in [3.8, 4) is 0 Å². The number of halogens is 3. The van der Waals surface area contributed by atoms with Gasteiger partial charge in [-0.2, -0.15) is 0 Å². The van der Waals surface area contributed by atoms with Gasteiger partial charge in [-0.25, -0.2) is 8.78 Å². The summed E-state index contributed by atoms with van der Waals surface area (Å²) in [6.45, 7) is -0.863. The largest absolute Gasteiger partial charge is 0.386 e. The van der Waals surface area contributed by atoms with Crippen molar-refractivity contribution in [1.29, 1.82) is 0 Å². The van der Waals surface area contributed by atoms with Crippen LogP contribution in [0.4, 0.5) is 8.78 Å². The highest BCUT2D eigenvalue weighted by atomic mass is 79.9. The Kier molecular flexibility index (Phi) is 3.17. The maximum absolute atomic E-state index is 12.6. The Morgan fingerprint density at radius 2 is 2.17 bits per heavy atom. The molecule has 1 unspecified atom stereocenters. The fourth-order valence-electron chi connectivity index (χ4n) is 0.809. The molecular formula is C8H7BrF2O. The Bertz CT molecular complexity index is 278. The second-order valence-corrected chi connectivity index (χ2v) is 3.20. The van der Waals surface area contributed by atoms with E-state index in [9.17, 15) is 8.78 Å². The molecule has 0 heterocycles. The summed E-state index contributed by atoms with van der Waals surface area (Å²) in [5.74, 6) is -0.426. The predicted octanol–water partition coefficient (Wildman–Crippen LogP) is 2.59. The number of hydrogen-bond donors (Lipinski definition) is 1. The van der Waals surface area contributed by atoms with Crippen LogP contribution in [0.1, 0.15) is 11.7 Å². The van der Waals surface area contributed by atoms with Gasteiger partial charge >= 0.3 is 0 Å². The van der Waals surface area contributed by atoms with Crippen LogP contribution in [0.3, 0.4) is 0 Å². The Balaban J connectivity index is 2.96. The number of aliphatic hydroxyl groups excluding tert-OH is 1. The Labute approximate surface area is 77.2 Å². The van der Waals surface area contributed by atoms with Crippen LogP contribution >= 0.6 is 15.9 Å². The van der Waals surface area contributed by atoms with Gasteiger partial charge in [-0.3, -0.25) is 0 Å². The summed E-state index contributed by atoms with van der Waals surface area (Å²) < 4.78 is 24.8. The minimum Gasteiger partial charge on any atom is -0.386 e. The summed E-state index contributed by atoms with van der Waals surface area (Å²) in [5.41, 5.74) is 0.366. The molecule has 0 aliphatic rings. The van der Waals surface area contributed by atoms with Crippen LogP contribution in [0.2, 0.25) is 0 Å². The molecule has 0 saturated carbocycles. The molecule has 0 radical (unpaired) electrons. The van der Waals surface area contributed by atoms with E-state index in [1.165, 1.54) is 18.2 Å². The Hall–Kier alpha value is -0.480. The van der Waals surface area contributed by atoms with Gasteiger partial charge in [0.25, 0.3) is 0 Å². The van der Waals surface area contributed by atoms with E-state index in [1.54, 1.807) is 0 Å². The van der Waals surface area contributed by atoms with Gasteiger partial charge in [0, 0.05) is 0 Å². The molecule has 1 aromatic rings. The lowest BCUT2D eigenvalue weighted by Gasteiger charge is -2.06. The molecule has 1 atom stereocenters. The molecule has 0 amide bonds. The van der Waals surface area contributed by atoms with Gasteiger partial charge in [-0.05, 0) is 33.6 Å². The molecule has 1 aromatic carbocycles. The number of alkyl halides is 1. The molecule has 0 aromatic heterocycles. The van der Waals surface area contributed by atoms with Crippen molar-refractivity contribution in [1.82, 2.24) is 0 Å². The molecule has 66 valence electrons. The van der Waals surface area contributed by atoms with Gasteiger partial charge in [0.1, 0.15) is 18.6 Å². The number of rotatable bonds is 2. The molecule has 0 aliphatic carbocycles. The molecule has 12 heavy (non-hydrogen) atoms. The van der Waals surface area contributed by atoms with Gasteiger partial charge < -0.3 is 5.11 Å². The van der Waals surface area contributed by atoms with Crippen LogP contribution in [0.25, 0.3) is 0 Å². The highest BCUT2D eigenvalue weighted by Crippen LogP contribution is 2.21. The molecule has 4 heteroatoms. The van der Waals surface area contributed by atoms with Crippen LogP contribution in [-0.4, -0.2) is 11.8 Å². The topological polar surface area (TPSA) is 20.2 Å². The molecule has 1 N–H and O–H groups in total. The summed E-state index contributed by atoms with van der Waals surface area (Å²) >= 11 is 2.93. The van der Waals surface area contributed by atoms with Gasteiger partial charge in [-0.15, -0.1) is 0 Å². The number of hydrogen-bond acceptors (Lipinski definition) is 1. The molecule has 1 nitrogen and oxygen atoms in total. The molecule has 0 saturated heterocycles. The van der Waals surface area contributed by atoms with E-state index in [-0.39, 0.29) is 4.47 Å². The highest BCUT2D eigenvalue weighted by Gasteiger charge is 2.08. The monoisotopic (exact) mass is 236 g/mol. The highest BCUT2D eigenvalue weighted by molar-refractivity contribution is 9.10. The molecule has 0 fully saturated rings. The minimum absolute atomic E-state index is 0.229. The molecule has 0 bridgehead atoms. The molecular weight excluding hydrogens is 230 g/mol. The number of aliphatic hydroxyl groups is 1. The summed E-state index contributed by atoms with van der Waals surface area (Å²) in [6.07, 6.45) is -1.16. The third-order valence-corrected chi connectivity index (χ3v) is 2.08. The maximum atomic E-state index is 12.6. The maximum Gasteiger partial charge on any atom is 0.137 e. The van der Waals surface area contributed by atoms with Crippen molar-refractivity contribution in [3.05, 3.63) is 34.1 Å². The van der Waals surface area contributed by atoms with Crippen LogP contribution in [0.15, 0.2) is 22.7 Å². The fourth-order valence-corrected chi connectivity index (χ4v) is 1.21. The van der Waals surface area contributed by atoms with E-state index >= 15 is 0 Å². The third-order valence-electron chi connectivity index (χ3n) is 1.47. The number of benzene rings is 1. The van der Waals surface area contributed by atoms with Gasteiger partial charge in [0.15, 0.2) is 0 Å². The van der Waals surface area contributed by atoms with Crippen LogP contribution in [0, 0.1) is 5.82 Å².